The van der Waals surface area contributed by atoms with Gasteiger partial charge in [-0.2, -0.15) is 0 Å². The molecule has 0 aliphatic carbocycles. The summed E-state index contributed by atoms with van der Waals surface area (Å²) in [4.78, 5) is 25.0. The predicted octanol–water partition coefficient (Wildman–Crippen LogP) is 2.77. The summed E-state index contributed by atoms with van der Waals surface area (Å²) in [7, 11) is 0. The van der Waals surface area contributed by atoms with Gasteiger partial charge < -0.3 is 9.84 Å². The number of amides is 1. The molecule has 0 saturated heterocycles. The molecule has 1 amide bonds. The fourth-order valence-corrected chi connectivity index (χ4v) is 2.45. The number of carboxylic acid groups (broad SMARTS) is 1. The number of carboxylic acids is 1. The van der Waals surface area contributed by atoms with Crippen molar-refractivity contribution in [3.63, 3.8) is 0 Å². The van der Waals surface area contributed by atoms with Crippen molar-refractivity contribution in [1.82, 2.24) is 0 Å². The van der Waals surface area contributed by atoms with Crippen LogP contribution in [-0.4, -0.2) is 30.3 Å². The Balaban J connectivity index is 2.47. The lowest BCUT2D eigenvalue weighted by molar-refractivity contribution is 0.0696. The highest BCUT2D eigenvalue weighted by atomic mass is 16.6. The van der Waals surface area contributed by atoms with Gasteiger partial charge >= 0.3 is 12.1 Å². The van der Waals surface area contributed by atoms with E-state index in [1.807, 2.05) is 6.07 Å². The van der Waals surface area contributed by atoms with E-state index in [1.54, 1.807) is 13.0 Å². The van der Waals surface area contributed by atoms with Crippen molar-refractivity contribution >= 4 is 17.7 Å². The molecule has 1 heterocycles. The number of hydrogen-bond acceptors (Lipinski definition) is 3. The number of anilines is 1. The molecule has 0 unspecified atom stereocenters. The number of carbonyl (C=O) groups is 2. The Morgan fingerprint density at radius 3 is 2.90 bits per heavy atom. The highest BCUT2D eigenvalue weighted by molar-refractivity contribution is 6.02. The van der Waals surface area contributed by atoms with Crippen LogP contribution < -0.4 is 4.90 Å². The summed E-state index contributed by atoms with van der Waals surface area (Å²) >= 11 is 0. The van der Waals surface area contributed by atoms with E-state index in [9.17, 15) is 14.7 Å². The molecule has 1 aliphatic heterocycles. The van der Waals surface area contributed by atoms with Gasteiger partial charge in [-0.05, 0) is 30.9 Å². The topological polar surface area (TPSA) is 66.8 Å². The summed E-state index contributed by atoms with van der Waals surface area (Å²) in [5.74, 6) is -1.03. The molecule has 0 atom stereocenters. The van der Waals surface area contributed by atoms with Crippen molar-refractivity contribution in [2.75, 3.05) is 18.1 Å². The minimum atomic E-state index is -1.03. The predicted molar refractivity (Wildman–Crippen MR) is 75.4 cm³/mol. The zero-order valence-electron chi connectivity index (χ0n) is 11.4. The van der Waals surface area contributed by atoms with Crippen molar-refractivity contribution in [2.45, 2.75) is 19.8 Å². The number of hydrogen-bond donors (Lipinski definition) is 1. The molecule has 0 radical (unpaired) electrons. The van der Waals surface area contributed by atoms with E-state index in [4.69, 9.17) is 4.74 Å². The molecule has 106 valence electrons. The van der Waals surface area contributed by atoms with Gasteiger partial charge in [0.2, 0.25) is 0 Å². The number of fused-ring (bicyclic) bond motifs is 1. The van der Waals surface area contributed by atoms with Crippen molar-refractivity contribution in [3.05, 3.63) is 41.5 Å². The first-order chi connectivity index (χ1) is 9.56. The van der Waals surface area contributed by atoms with Crippen LogP contribution in [-0.2, 0) is 11.2 Å². The Morgan fingerprint density at radius 2 is 2.25 bits per heavy atom. The maximum atomic E-state index is 12.1. The molecule has 0 saturated carbocycles. The maximum absolute atomic E-state index is 12.1. The number of aryl methyl sites for hydroxylation is 2. The molecule has 1 aromatic rings. The third kappa shape index (κ3) is 2.52. The van der Waals surface area contributed by atoms with Crippen LogP contribution in [0.5, 0.6) is 0 Å². The zero-order chi connectivity index (χ0) is 14.7. The fraction of sp³-hybridized carbons (Fsp3) is 0.333. The van der Waals surface area contributed by atoms with Crippen LogP contribution in [0.3, 0.4) is 0 Å². The molecule has 1 aliphatic rings. The lowest BCUT2D eigenvalue weighted by Crippen LogP contribution is -2.37. The molecule has 5 heteroatoms. The minimum absolute atomic E-state index is 0.110. The normalized spacial score (nSPS) is 13.6. The molecule has 0 spiro atoms. The lowest BCUT2D eigenvalue weighted by Gasteiger charge is -2.30. The van der Waals surface area contributed by atoms with Crippen molar-refractivity contribution in [1.29, 1.82) is 0 Å². The molecule has 1 N–H and O–H groups in total. The first-order valence-electron chi connectivity index (χ1n) is 6.47. The highest BCUT2D eigenvalue weighted by Gasteiger charge is 2.29. The van der Waals surface area contributed by atoms with Crippen LogP contribution in [0.1, 0.15) is 27.9 Å². The van der Waals surface area contributed by atoms with Crippen LogP contribution >= 0.6 is 0 Å². The molecular formula is C15H17NO4. The van der Waals surface area contributed by atoms with E-state index in [1.165, 1.54) is 11.0 Å². The summed E-state index contributed by atoms with van der Waals surface area (Å²) in [6.45, 7) is 5.79. The summed E-state index contributed by atoms with van der Waals surface area (Å²) in [6, 6.07) is 3.66. The van der Waals surface area contributed by atoms with Gasteiger partial charge in [0.1, 0.15) is 6.61 Å². The number of nitrogens with zero attached hydrogens (tertiary/aromatic N) is 1. The molecule has 0 aromatic heterocycles. The van der Waals surface area contributed by atoms with Gasteiger partial charge in [0.25, 0.3) is 0 Å². The Bertz CT molecular complexity index is 565. The Morgan fingerprint density at radius 1 is 1.50 bits per heavy atom. The largest absolute Gasteiger partial charge is 0.478 e. The smallest absolute Gasteiger partial charge is 0.414 e. The van der Waals surface area contributed by atoms with E-state index < -0.39 is 12.1 Å². The fourth-order valence-electron chi connectivity index (χ4n) is 2.45. The Hall–Kier alpha value is -2.30. The highest BCUT2D eigenvalue weighted by Crippen LogP contribution is 2.33. The molecule has 0 fully saturated rings. The summed E-state index contributed by atoms with van der Waals surface area (Å²) in [6.07, 6.45) is 2.51. The third-order valence-corrected chi connectivity index (χ3v) is 3.33. The average Bonchev–Trinajstić information content (AvgIpc) is 2.43. The summed E-state index contributed by atoms with van der Waals surface area (Å²) in [5.41, 5.74) is 2.16. The second kappa shape index (κ2) is 5.77. The lowest BCUT2D eigenvalue weighted by atomic mass is 9.95. The van der Waals surface area contributed by atoms with Gasteiger partial charge in [-0.25, -0.2) is 9.59 Å². The van der Waals surface area contributed by atoms with E-state index >= 15 is 0 Å². The number of rotatable bonds is 3. The number of carbonyl (C=O) groups excluding carboxylic acids is 1. The number of aromatic carboxylic acids is 1. The standard InChI is InChI=1S/C15H17NO4/c1-3-9-20-15(19)16-8-4-5-11-7-6-10(2)12(13(11)16)14(17)18/h3,6-7H,1,4-5,8-9H2,2H3,(H,17,18). The summed E-state index contributed by atoms with van der Waals surface area (Å²) in [5, 5.41) is 9.40. The van der Waals surface area contributed by atoms with Crippen molar-refractivity contribution in [2.24, 2.45) is 0 Å². The van der Waals surface area contributed by atoms with Crippen LogP contribution in [0.4, 0.5) is 10.5 Å². The van der Waals surface area contributed by atoms with E-state index in [-0.39, 0.29) is 12.2 Å². The van der Waals surface area contributed by atoms with Gasteiger partial charge in [-0.1, -0.05) is 24.8 Å². The second-order valence-electron chi connectivity index (χ2n) is 4.69. The van der Waals surface area contributed by atoms with Gasteiger partial charge in [-0.3, -0.25) is 4.90 Å². The molecule has 20 heavy (non-hydrogen) atoms. The maximum Gasteiger partial charge on any atom is 0.414 e. The zero-order valence-corrected chi connectivity index (χ0v) is 11.4. The Labute approximate surface area is 117 Å². The van der Waals surface area contributed by atoms with Gasteiger partial charge in [0.15, 0.2) is 0 Å². The molecular weight excluding hydrogens is 258 g/mol. The van der Waals surface area contributed by atoms with E-state index in [0.29, 0.717) is 17.8 Å². The van der Waals surface area contributed by atoms with Crippen LogP contribution in [0.2, 0.25) is 0 Å². The SMILES string of the molecule is C=CCOC(=O)N1CCCc2ccc(C)c(C(=O)O)c21. The second-order valence-corrected chi connectivity index (χ2v) is 4.69. The van der Waals surface area contributed by atoms with Crippen molar-refractivity contribution in [3.8, 4) is 0 Å². The molecule has 1 aromatic carbocycles. The molecule has 5 nitrogen and oxygen atoms in total. The third-order valence-electron chi connectivity index (χ3n) is 3.33. The minimum Gasteiger partial charge on any atom is -0.478 e. The first kappa shape index (κ1) is 14.1. The quantitative estimate of drug-likeness (QED) is 0.861. The average molecular weight is 275 g/mol. The van der Waals surface area contributed by atoms with Gasteiger partial charge in [0, 0.05) is 6.54 Å². The van der Waals surface area contributed by atoms with Gasteiger partial charge in [-0.15, -0.1) is 0 Å². The molecule has 0 bridgehead atoms. The van der Waals surface area contributed by atoms with Crippen LogP contribution in [0, 0.1) is 6.92 Å². The van der Waals surface area contributed by atoms with Crippen LogP contribution in [0.25, 0.3) is 0 Å². The van der Waals surface area contributed by atoms with Gasteiger partial charge in [0.05, 0.1) is 11.3 Å². The summed E-state index contributed by atoms with van der Waals surface area (Å²) < 4.78 is 5.04. The number of ether oxygens (including phenoxy) is 1. The first-order valence-corrected chi connectivity index (χ1v) is 6.47. The van der Waals surface area contributed by atoms with Crippen LogP contribution in [0.15, 0.2) is 24.8 Å². The number of benzene rings is 1. The van der Waals surface area contributed by atoms with Crippen molar-refractivity contribution < 1.29 is 19.4 Å². The van der Waals surface area contributed by atoms with E-state index in [0.717, 1.165) is 18.4 Å². The monoisotopic (exact) mass is 275 g/mol. The molecule has 2 rings (SSSR count). The van der Waals surface area contributed by atoms with E-state index in [2.05, 4.69) is 6.58 Å². The Kier molecular flexibility index (Phi) is 4.08.